The minimum absolute atomic E-state index is 0.135. The van der Waals surface area contributed by atoms with Crippen LogP contribution in [0.15, 0.2) is 23.1 Å². The zero-order valence-corrected chi connectivity index (χ0v) is 12.0. The number of nitrogen functional groups attached to an aromatic ring is 1. The lowest BCUT2D eigenvalue weighted by molar-refractivity contribution is 0.597. The molecule has 0 amide bonds. The summed E-state index contributed by atoms with van der Waals surface area (Å²) in [7, 11) is -3.75. The minimum atomic E-state index is -3.75. The zero-order valence-electron chi connectivity index (χ0n) is 11.2. The van der Waals surface area contributed by atoms with Crippen molar-refractivity contribution in [2.75, 3.05) is 17.2 Å². The highest BCUT2D eigenvalue weighted by molar-refractivity contribution is 7.89. The smallest absolute Gasteiger partial charge is 0.240 e. The summed E-state index contributed by atoms with van der Waals surface area (Å²) in [5.41, 5.74) is 6.78. The second-order valence-electron chi connectivity index (χ2n) is 5.05. The molecular formula is C13H21N3O2S. The van der Waals surface area contributed by atoms with Gasteiger partial charge in [0.15, 0.2) is 0 Å². The Hall–Kier alpha value is -1.27. The van der Waals surface area contributed by atoms with Crippen LogP contribution in [-0.2, 0) is 10.0 Å². The van der Waals surface area contributed by atoms with E-state index in [1.54, 1.807) is 12.1 Å². The maximum absolute atomic E-state index is 11.7. The van der Waals surface area contributed by atoms with Crippen LogP contribution in [0.25, 0.3) is 0 Å². The predicted octanol–water partition coefficient (Wildman–Crippen LogP) is 1.69. The largest absolute Gasteiger partial charge is 0.399 e. The van der Waals surface area contributed by atoms with Crippen LogP contribution in [0, 0.1) is 0 Å². The molecule has 19 heavy (non-hydrogen) atoms. The molecule has 4 N–H and O–H groups in total. The summed E-state index contributed by atoms with van der Waals surface area (Å²) in [6, 6.07) is 5.39. The Labute approximate surface area is 114 Å². The van der Waals surface area contributed by atoms with Gasteiger partial charge in [-0.15, -0.1) is 0 Å². The maximum atomic E-state index is 11.7. The summed E-state index contributed by atoms with van der Waals surface area (Å²) in [4.78, 5) is 2.29. The molecule has 5 nitrogen and oxygen atoms in total. The van der Waals surface area contributed by atoms with Crippen molar-refractivity contribution in [3.63, 3.8) is 0 Å². The molecule has 1 aromatic rings. The van der Waals surface area contributed by atoms with Crippen LogP contribution in [0.1, 0.15) is 32.6 Å². The SMILES string of the molecule is CCCCN(c1ccc(N)cc1S(N)(=O)=O)C1CC1. The summed E-state index contributed by atoms with van der Waals surface area (Å²) in [5, 5.41) is 5.30. The van der Waals surface area contributed by atoms with Crippen molar-refractivity contribution < 1.29 is 8.42 Å². The number of primary sulfonamides is 1. The normalized spacial score (nSPS) is 15.5. The first-order chi connectivity index (χ1) is 8.93. The fourth-order valence-corrected chi connectivity index (χ4v) is 2.99. The summed E-state index contributed by atoms with van der Waals surface area (Å²) in [5.74, 6) is 0. The first-order valence-electron chi connectivity index (χ1n) is 6.62. The first-order valence-corrected chi connectivity index (χ1v) is 8.17. The van der Waals surface area contributed by atoms with Gasteiger partial charge in [0.25, 0.3) is 0 Å². The Morgan fingerprint density at radius 1 is 1.37 bits per heavy atom. The van der Waals surface area contributed by atoms with Gasteiger partial charge in [0, 0.05) is 18.3 Å². The quantitative estimate of drug-likeness (QED) is 0.777. The Bertz CT molecular complexity index is 553. The average molecular weight is 283 g/mol. The van der Waals surface area contributed by atoms with E-state index < -0.39 is 10.0 Å². The van der Waals surface area contributed by atoms with Crippen LogP contribution in [-0.4, -0.2) is 21.0 Å². The van der Waals surface area contributed by atoms with Crippen LogP contribution >= 0.6 is 0 Å². The van der Waals surface area contributed by atoms with Gasteiger partial charge >= 0.3 is 0 Å². The Morgan fingerprint density at radius 2 is 2.05 bits per heavy atom. The van der Waals surface area contributed by atoms with Gasteiger partial charge in [0.2, 0.25) is 10.0 Å². The van der Waals surface area contributed by atoms with Gasteiger partial charge < -0.3 is 10.6 Å². The van der Waals surface area contributed by atoms with E-state index in [0.29, 0.717) is 17.4 Å². The number of hydrogen-bond donors (Lipinski definition) is 2. The number of sulfonamides is 1. The van der Waals surface area contributed by atoms with E-state index in [1.165, 1.54) is 6.07 Å². The van der Waals surface area contributed by atoms with Gasteiger partial charge in [-0.25, -0.2) is 13.6 Å². The van der Waals surface area contributed by atoms with Crippen LogP contribution in [0.3, 0.4) is 0 Å². The lowest BCUT2D eigenvalue weighted by atomic mass is 10.2. The topological polar surface area (TPSA) is 89.4 Å². The molecule has 0 aliphatic heterocycles. The number of nitrogens with two attached hydrogens (primary N) is 2. The van der Waals surface area contributed by atoms with Crippen LogP contribution < -0.4 is 15.8 Å². The Kier molecular flexibility index (Phi) is 4.01. The molecule has 0 heterocycles. The van der Waals surface area contributed by atoms with Crippen molar-refractivity contribution in [1.82, 2.24) is 0 Å². The number of rotatable bonds is 6. The van der Waals surface area contributed by atoms with Gasteiger partial charge in [-0.2, -0.15) is 0 Å². The molecule has 0 bridgehead atoms. The van der Waals surface area contributed by atoms with Gasteiger partial charge in [0.05, 0.1) is 5.69 Å². The van der Waals surface area contributed by atoms with E-state index in [0.717, 1.165) is 32.2 Å². The van der Waals surface area contributed by atoms with Crippen LogP contribution in [0.4, 0.5) is 11.4 Å². The van der Waals surface area contributed by atoms with E-state index in [-0.39, 0.29) is 4.90 Å². The molecule has 1 aliphatic rings. The third kappa shape index (κ3) is 3.39. The molecule has 0 spiro atoms. The summed E-state index contributed by atoms with van der Waals surface area (Å²) >= 11 is 0. The molecule has 1 fully saturated rings. The predicted molar refractivity (Wildman–Crippen MR) is 77.5 cm³/mol. The monoisotopic (exact) mass is 283 g/mol. The minimum Gasteiger partial charge on any atom is -0.399 e. The van der Waals surface area contributed by atoms with Gasteiger partial charge in [-0.3, -0.25) is 0 Å². The molecule has 0 unspecified atom stereocenters. The third-order valence-corrected chi connectivity index (χ3v) is 4.28. The third-order valence-electron chi connectivity index (χ3n) is 3.34. The van der Waals surface area contributed by atoms with Crippen molar-refractivity contribution in [3.8, 4) is 0 Å². The zero-order chi connectivity index (χ0) is 14.0. The van der Waals surface area contributed by atoms with Crippen molar-refractivity contribution in [1.29, 1.82) is 0 Å². The highest BCUT2D eigenvalue weighted by atomic mass is 32.2. The lowest BCUT2D eigenvalue weighted by Crippen LogP contribution is -2.29. The Balaban J connectivity index is 2.41. The van der Waals surface area contributed by atoms with Crippen molar-refractivity contribution >= 4 is 21.4 Å². The molecule has 0 radical (unpaired) electrons. The van der Waals surface area contributed by atoms with Crippen LogP contribution in [0.5, 0.6) is 0 Å². The lowest BCUT2D eigenvalue weighted by Gasteiger charge is -2.26. The molecule has 2 rings (SSSR count). The number of unbranched alkanes of at least 4 members (excludes halogenated alkanes) is 1. The summed E-state index contributed by atoms with van der Waals surface area (Å²) in [6.45, 7) is 2.97. The van der Waals surface area contributed by atoms with E-state index in [1.807, 2.05) is 0 Å². The Morgan fingerprint density at radius 3 is 2.58 bits per heavy atom. The molecule has 1 aromatic carbocycles. The van der Waals surface area contributed by atoms with Gasteiger partial charge in [-0.05, 0) is 37.5 Å². The fourth-order valence-electron chi connectivity index (χ4n) is 2.21. The second kappa shape index (κ2) is 5.38. The summed E-state index contributed by atoms with van der Waals surface area (Å²) in [6.07, 6.45) is 4.32. The van der Waals surface area contributed by atoms with Crippen LogP contribution in [0.2, 0.25) is 0 Å². The fraction of sp³-hybridized carbons (Fsp3) is 0.538. The van der Waals surface area contributed by atoms with E-state index in [2.05, 4.69) is 11.8 Å². The maximum Gasteiger partial charge on any atom is 0.240 e. The van der Waals surface area contributed by atoms with Gasteiger partial charge in [-0.1, -0.05) is 13.3 Å². The van der Waals surface area contributed by atoms with E-state index in [9.17, 15) is 8.42 Å². The summed E-state index contributed by atoms with van der Waals surface area (Å²) < 4.78 is 23.4. The molecule has 1 aliphatic carbocycles. The standard InChI is InChI=1S/C13H21N3O2S/c1-2-3-8-16(11-5-6-11)12-7-4-10(14)9-13(12)19(15,17)18/h4,7,9,11H,2-3,5-6,8,14H2,1H3,(H2,15,17,18). The van der Waals surface area contributed by atoms with E-state index in [4.69, 9.17) is 10.9 Å². The molecular weight excluding hydrogens is 262 g/mol. The highest BCUT2D eigenvalue weighted by Crippen LogP contribution is 2.36. The first kappa shape index (κ1) is 14.1. The van der Waals surface area contributed by atoms with Crippen molar-refractivity contribution in [2.45, 2.75) is 43.5 Å². The average Bonchev–Trinajstić information content (AvgIpc) is 3.14. The van der Waals surface area contributed by atoms with Crippen molar-refractivity contribution in [2.24, 2.45) is 5.14 Å². The molecule has 0 saturated heterocycles. The molecule has 106 valence electrons. The van der Waals surface area contributed by atoms with E-state index >= 15 is 0 Å². The molecule has 1 saturated carbocycles. The molecule has 0 aromatic heterocycles. The highest BCUT2D eigenvalue weighted by Gasteiger charge is 2.31. The number of hydrogen-bond acceptors (Lipinski definition) is 4. The number of anilines is 2. The molecule has 0 atom stereocenters. The second-order valence-corrected chi connectivity index (χ2v) is 6.58. The van der Waals surface area contributed by atoms with Gasteiger partial charge in [0.1, 0.15) is 4.90 Å². The van der Waals surface area contributed by atoms with Crippen molar-refractivity contribution in [3.05, 3.63) is 18.2 Å². The molecule has 6 heteroatoms. The number of benzene rings is 1. The number of nitrogens with zero attached hydrogens (tertiary/aromatic N) is 1.